The van der Waals surface area contributed by atoms with Gasteiger partial charge in [0, 0.05) is 20.5 Å². The standard InChI is InChI=1S/C9H16N2O3/c1-7(12)11-6-4-5-9(11,2)8(13)14-10-3/h10H,4-6H2,1-3H3/t9-/m0/s1. The fourth-order valence-electron chi connectivity index (χ4n) is 1.88. The summed E-state index contributed by atoms with van der Waals surface area (Å²) in [5, 5.41) is 0. The molecule has 0 unspecified atom stereocenters. The molecular formula is C9H16N2O3. The maximum Gasteiger partial charge on any atom is 0.350 e. The number of hydroxylamine groups is 1. The molecule has 0 bridgehead atoms. The maximum absolute atomic E-state index is 11.6. The van der Waals surface area contributed by atoms with Gasteiger partial charge in [-0.1, -0.05) is 0 Å². The first-order chi connectivity index (χ1) is 6.52. The minimum Gasteiger partial charge on any atom is -0.369 e. The Bertz CT molecular complexity index is 254. The van der Waals surface area contributed by atoms with Crippen LogP contribution in [0.2, 0.25) is 0 Å². The van der Waals surface area contributed by atoms with Gasteiger partial charge in [-0.2, -0.15) is 5.48 Å². The number of amides is 1. The van der Waals surface area contributed by atoms with Crippen LogP contribution < -0.4 is 5.48 Å². The van der Waals surface area contributed by atoms with E-state index in [2.05, 4.69) is 5.48 Å². The summed E-state index contributed by atoms with van der Waals surface area (Å²) in [5.41, 5.74) is 1.54. The molecule has 0 aliphatic carbocycles. The van der Waals surface area contributed by atoms with Crippen LogP contribution >= 0.6 is 0 Å². The monoisotopic (exact) mass is 200 g/mol. The van der Waals surface area contributed by atoms with Gasteiger partial charge in [-0.05, 0) is 19.8 Å². The molecule has 0 radical (unpaired) electrons. The summed E-state index contributed by atoms with van der Waals surface area (Å²) in [6, 6.07) is 0. The van der Waals surface area contributed by atoms with Crippen molar-refractivity contribution >= 4 is 11.9 Å². The van der Waals surface area contributed by atoms with Gasteiger partial charge in [0.2, 0.25) is 5.91 Å². The van der Waals surface area contributed by atoms with E-state index in [1.165, 1.54) is 14.0 Å². The molecule has 1 saturated heterocycles. The van der Waals surface area contributed by atoms with Crippen molar-refractivity contribution < 1.29 is 14.4 Å². The number of likely N-dealkylation sites (tertiary alicyclic amines) is 1. The lowest BCUT2D eigenvalue weighted by atomic mass is 9.99. The minimum atomic E-state index is -0.797. The molecule has 1 N–H and O–H groups in total. The largest absolute Gasteiger partial charge is 0.369 e. The molecule has 1 amide bonds. The van der Waals surface area contributed by atoms with Gasteiger partial charge < -0.3 is 9.74 Å². The Morgan fingerprint density at radius 2 is 2.14 bits per heavy atom. The molecule has 1 heterocycles. The lowest BCUT2D eigenvalue weighted by Crippen LogP contribution is -2.51. The van der Waals surface area contributed by atoms with Crippen LogP contribution in [0.3, 0.4) is 0 Å². The van der Waals surface area contributed by atoms with Crippen molar-refractivity contribution in [2.75, 3.05) is 13.6 Å². The highest BCUT2D eigenvalue weighted by Gasteiger charge is 2.46. The quantitative estimate of drug-likeness (QED) is 0.641. The molecule has 1 aliphatic rings. The highest BCUT2D eigenvalue weighted by Crippen LogP contribution is 2.29. The molecule has 0 aromatic rings. The van der Waals surface area contributed by atoms with Gasteiger partial charge in [0.05, 0.1) is 0 Å². The average molecular weight is 200 g/mol. The Morgan fingerprint density at radius 3 is 2.64 bits per heavy atom. The third-order valence-electron chi connectivity index (χ3n) is 2.66. The third-order valence-corrected chi connectivity index (χ3v) is 2.66. The average Bonchev–Trinajstić information content (AvgIpc) is 2.49. The van der Waals surface area contributed by atoms with Crippen LogP contribution in [-0.2, 0) is 14.4 Å². The fraction of sp³-hybridized carbons (Fsp3) is 0.778. The molecule has 1 fully saturated rings. The second-order valence-corrected chi connectivity index (χ2v) is 3.64. The van der Waals surface area contributed by atoms with Crippen molar-refractivity contribution in [3.05, 3.63) is 0 Å². The van der Waals surface area contributed by atoms with Gasteiger partial charge in [0.15, 0.2) is 0 Å². The van der Waals surface area contributed by atoms with Crippen LogP contribution in [0, 0.1) is 0 Å². The molecular weight excluding hydrogens is 184 g/mol. The normalized spacial score (nSPS) is 26.4. The van der Waals surface area contributed by atoms with Gasteiger partial charge in [-0.3, -0.25) is 4.79 Å². The van der Waals surface area contributed by atoms with Crippen molar-refractivity contribution in [1.82, 2.24) is 10.4 Å². The first-order valence-corrected chi connectivity index (χ1v) is 4.68. The smallest absolute Gasteiger partial charge is 0.350 e. The number of hydrogen-bond acceptors (Lipinski definition) is 4. The highest BCUT2D eigenvalue weighted by atomic mass is 16.7. The summed E-state index contributed by atoms with van der Waals surface area (Å²) in [7, 11) is 1.52. The Morgan fingerprint density at radius 1 is 1.50 bits per heavy atom. The molecule has 0 aromatic heterocycles. The molecule has 1 rings (SSSR count). The number of hydrogen-bond donors (Lipinski definition) is 1. The van der Waals surface area contributed by atoms with Gasteiger partial charge in [-0.15, -0.1) is 0 Å². The van der Waals surface area contributed by atoms with Crippen molar-refractivity contribution in [2.45, 2.75) is 32.2 Å². The lowest BCUT2D eigenvalue weighted by molar-refractivity contribution is -0.165. The molecule has 0 spiro atoms. The molecule has 0 aromatic carbocycles. The van der Waals surface area contributed by atoms with Crippen LogP contribution in [0.15, 0.2) is 0 Å². The molecule has 14 heavy (non-hydrogen) atoms. The zero-order valence-electron chi connectivity index (χ0n) is 8.79. The SMILES string of the molecule is CNOC(=O)[C@]1(C)CCCN1C(C)=O. The van der Waals surface area contributed by atoms with Crippen molar-refractivity contribution in [3.63, 3.8) is 0 Å². The van der Waals surface area contributed by atoms with Gasteiger partial charge >= 0.3 is 5.97 Å². The van der Waals surface area contributed by atoms with Gasteiger partial charge in [-0.25, -0.2) is 4.79 Å². The second kappa shape index (κ2) is 3.96. The van der Waals surface area contributed by atoms with Crippen molar-refractivity contribution in [1.29, 1.82) is 0 Å². The minimum absolute atomic E-state index is 0.0851. The van der Waals surface area contributed by atoms with Crippen LogP contribution in [-0.4, -0.2) is 35.9 Å². The Labute approximate surface area is 83.4 Å². The fourth-order valence-corrected chi connectivity index (χ4v) is 1.88. The zero-order chi connectivity index (χ0) is 10.8. The van der Waals surface area contributed by atoms with E-state index in [1.807, 2.05) is 0 Å². The number of carbonyl (C=O) groups excluding carboxylic acids is 2. The Kier molecular flexibility index (Phi) is 3.10. The maximum atomic E-state index is 11.6. The van der Waals surface area contributed by atoms with Gasteiger partial charge in [0.1, 0.15) is 5.54 Å². The van der Waals surface area contributed by atoms with E-state index in [-0.39, 0.29) is 5.91 Å². The zero-order valence-corrected chi connectivity index (χ0v) is 8.79. The molecule has 1 atom stereocenters. The van der Waals surface area contributed by atoms with E-state index in [1.54, 1.807) is 11.8 Å². The topological polar surface area (TPSA) is 58.6 Å². The lowest BCUT2D eigenvalue weighted by Gasteiger charge is -2.31. The summed E-state index contributed by atoms with van der Waals surface area (Å²) >= 11 is 0. The first kappa shape index (κ1) is 11.0. The highest BCUT2D eigenvalue weighted by molar-refractivity contribution is 5.87. The van der Waals surface area contributed by atoms with E-state index in [0.717, 1.165) is 6.42 Å². The van der Waals surface area contributed by atoms with Crippen molar-refractivity contribution in [3.8, 4) is 0 Å². The van der Waals surface area contributed by atoms with Crippen LogP contribution in [0.1, 0.15) is 26.7 Å². The molecule has 5 nitrogen and oxygen atoms in total. The number of rotatable bonds is 2. The van der Waals surface area contributed by atoms with E-state index in [4.69, 9.17) is 4.84 Å². The Hall–Kier alpha value is -1.10. The first-order valence-electron chi connectivity index (χ1n) is 4.68. The Balaban J connectivity index is 2.80. The second-order valence-electron chi connectivity index (χ2n) is 3.64. The van der Waals surface area contributed by atoms with Crippen molar-refractivity contribution in [2.24, 2.45) is 0 Å². The predicted octanol–water partition coefficient (Wildman–Crippen LogP) is 0.0650. The molecule has 5 heteroatoms. The molecule has 80 valence electrons. The summed E-state index contributed by atoms with van der Waals surface area (Å²) < 4.78 is 0. The van der Waals surface area contributed by atoms with E-state index < -0.39 is 11.5 Å². The van der Waals surface area contributed by atoms with E-state index in [9.17, 15) is 9.59 Å². The van der Waals surface area contributed by atoms with E-state index in [0.29, 0.717) is 13.0 Å². The predicted molar refractivity (Wildman–Crippen MR) is 50.2 cm³/mol. The summed E-state index contributed by atoms with van der Waals surface area (Å²) in [5.74, 6) is -0.481. The van der Waals surface area contributed by atoms with Crippen LogP contribution in [0.25, 0.3) is 0 Å². The summed E-state index contributed by atoms with van der Waals surface area (Å²) in [6.07, 6.45) is 1.50. The third kappa shape index (κ3) is 1.72. The number of nitrogens with zero attached hydrogens (tertiary/aromatic N) is 1. The van der Waals surface area contributed by atoms with Crippen LogP contribution in [0.4, 0.5) is 0 Å². The summed E-state index contributed by atoms with van der Waals surface area (Å²) in [4.78, 5) is 29.2. The summed E-state index contributed by atoms with van der Waals surface area (Å²) in [6.45, 7) is 3.84. The van der Waals surface area contributed by atoms with Gasteiger partial charge in [0.25, 0.3) is 0 Å². The number of nitrogens with one attached hydrogen (secondary N) is 1. The number of carbonyl (C=O) groups is 2. The van der Waals surface area contributed by atoms with Crippen LogP contribution in [0.5, 0.6) is 0 Å². The molecule has 1 aliphatic heterocycles. The molecule has 0 saturated carbocycles. The van der Waals surface area contributed by atoms with E-state index >= 15 is 0 Å².